The number of nitro groups is 1. The third kappa shape index (κ3) is 2.45. The molecule has 0 saturated heterocycles. The standard InChI is InChI=1S/C12H10FN3O5/c1-3-21-12(18)10-11(17)15(2)9-5-8(16(19)20)6(13)4-7(9)14-10/h4-5H,3H2,1-2H3. The lowest BCUT2D eigenvalue weighted by atomic mass is 10.2. The maximum absolute atomic E-state index is 13.6. The van der Waals surface area contributed by atoms with Crippen molar-refractivity contribution in [3.8, 4) is 0 Å². The van der Waals surface area contributed by atoms with E-state index in [1.165, 1.54) is 7.05 Å². The number of halogens is 1. The Bertz CT molecular complexity index is 815. The zero-order chi connectivity index (χ0) is 15.7. The van der Waals surface area contributed by atoms with Crippen molar-refractivity contribution in [3.05, 3.63) is 44.1 Å². The Kier molecular flexibility index (Phi) is 3.66. The Balaban J connectivity index is 2.78. The maximum Gasteiger partial charge on any atom is 0.362 e. The minimum atomic E-state index is -1.10. The SMILES string of the molecule is CCOC(=O)c1nc2cc(F)c([N+](=O)[O-])cc2n(C)c1=O. The second-order valence-corrected chi connectivity index (χ2v) is 4.09. The van der Waals surface area contributed by atoms with Crippen LogP contribution in [0.1, 0.15) is 17.4 Å². The molecule has 1 aromatic carbocycles. The molecule has 0 atom stereocenters. The van der Waals surface area contributed by atoms with Crippen LogP contribution in [0.15, 0.2) is 16.9 Å². The van der Waals surface area contributed by atoms with Gasteiger partial charge in [-0.05, 0) is 6.92 Å². The number of carbonyl (C=O) groups is 1. The number of benzene rings is 1. The summed E-state index contributed by atoms with van der Waals surface area (Å²) in [6, 6.07) is 1.70. The van der Waals surface area contributed by atoms with Gasteiger partial charge in [0.05, 0.1) is 22.6 Å². The van der Waals surface area contributed by atoms with Gasteiger partial charge in [-0.15, -0.1) is 0 Å². The molecule has 0 unspecified atom stereocenters. The van der Waals surface area contributed by atoms with Gasteiger partial charge in [0.2, 0.25) is 11.5 Å². The number of aryl methyl sites for hydroxylation is 1. The van der Waals surface area contributed by atoms with Crippen molar-refractivity contribution in [3.63, 3.8) is 0 Å². The molecule has 8 nitrogen and oxygen atoms in total. The highest BCUT2D eigenvalue weighted by Gasteiger charge is 2.21. The molecule has 9 heteroatoms. The van der Waals surface area contributed by atoms with E-state index in [0.717, 1.165) is 16.7 Å². The molecule has 21 heavy (non-hydrogen) atoms. The van der Waals surface area contributed by atoms with E-state index in [0.29, 0.717) is 0 Å². The number of hydrogen-bond donors (Lipinski definition) is 0. The predicted molar refractivity (Wildman–Crippen MR) is 69.6 cm³/mol. The lowest BCUT2D eigenvalue weighted by Crippen LogP contribution is -2.27. The van der Waals surface area contributed by atoms with E-state index in [4.69, 9.17) is 0 Å². The monoisotopic (exact) mass is 295 g/mol. The number of rotatable bonds is 3. The van der Waals surface area contributed by atoms with Gasteiger partial charge in [0.25, 0.3) is 5.56 Å². The van der Waals surface area contributed by atoms with Gasteiger partial charge in [-0.1, -0.05) is 0 Å². The van der Waals surface area contributed by atoms with E-state index in [2.05, 4.69) is 9.72 Å². The Morgan fingerprint density at radius 1 is 1.52 bits per heavy atom. The summed E-state index contributed by atoms with van der Waals surface area (Å²) in [6.45, 7) is 1.61. The normalized spacial score (nSPS) is 10.6. The average molecular weight is 295 g/mol. The molecule has 0 N–H and O–H groups in total. The second kappa shape index (κ2) is 5.27. The summed E-state index contributed by atoms with van der Waals surface area (Å²) < 4.78 is 19.3. The van der Waals surface area contributed by atoms with Gasteiger partial charge in [-0.25, -0.2) is 9.78 Å². The topological polar surface area (TPSA) is 104 Å². The van der Waals surface area contributed by atoms with Gasteiger partial charge in [-0.3, -0.25) is 14.9 Å². The number of fused-ring (bicyclic) bond motifs is 1. The number of carbonyl (C=O) groups excluding carboxylic acids is 1. The first kappa shape index (κ1) is 14.6. The molecule has 0 bridgehead atoms. The predicted octanol–water partition coefficient (Wildman–Crippen LogP) is 1.16. The molecule has 0 radical (unpaired) electrons. The highest BCUT2D eigenvalue weighted by molar-refractivity contribution is 5.90. The molecule has 1 aromatic heterocycles. The molecule has 0 fully saturated rings. The van der Waals surface area contributed by atoms with Crippen LogP contribution in [-0.2, 0) is 11.8 Å². The molecule has 0 saturated carbocycles. The minimum Gasteiger partial charge on any atom is -0.461 e. The number of nitro benzene ring substituents is 1. The van der Waals surface area contributed by atoms with Crippen molar-refractivity contribution in [2.45, 2.75) is 6.92 Å². The van der Waals surface area contributed by atoms with Crippen LogP contribution in [0.3, 0.4) is 0 Å². The Morgan fingerprint density at radius 2 is 2.19 bits per heavy atom. The van der Waals surface area contributed by atoms with Gasteiger partial charge in [0.1, 0.15) is 0 Å². The number of esters is 1. The summed E-state index contributed by atoms with van der Waals surface area (Å²) in [5, 5.41) is 10.7. The first-order valence-electron chi connectivity index (χ1n) is 5.88. The fraction of sp³-hybridized carbons (Fsp3) is 0.250. The first-order valence-corrected chi connectivity index (χ1v) is 5.88. The van der Waals surface area contributed by atoms with Gasteiger partial charge in [0.15, 0.2) is 0 Å². The van der Waals surface area contributed by atoms with Crippen molar-refractivity contribution >= 4 is 22.7 Å². The highest BCUT2D eigenvalue weighted by Crippen LogP contribution is 2.22. The fourth-order valence-electron chi connectivity index (χ4n) is 1.81. The van der Waals surface area contributed by atoms with Gasteiger partial charge >= 0.3 is 11.7 Å². The number of ether oxygens (including phenoxy) is 1. The highest BCUT2D eigenvalue weighted by atomic mass is 19.1. The van der Waals surface area contributed by atoms with Gasteiger partial charge < -0.3 is 9.30 Å². The summed E-state index contributed by atoms with van der Waals surface area (Å²) in [6.07, 6.45) is 0. The van der Waals surface area contributed by atoms with Crippen molar-refractivity contribution in [1.29, 1.82) is 0 Å². The van der Waals surface area contributed by atoms with Crippen LogP contribution in [0, 0.1) is 15.9 Å². The quantitative estimate of drug-likeness (QED) is 0.478. The van der Waals surface area contributed by atoms with Crippen LogP contribution in [0.2, 0.25) is 0 Å². The molecule has 2 aromatic rings. The molecule has 0 aliphatic heterocycles. The molecular formula is C12H10FN3O5. The first-order chi connectivity index (χ1) is 9.86. The molecule has 0 amide bonds. The third-order valence-corrected chi connectivity index (χ3v) is 2.81. The molecule has 110 valence electrons. The van der Waals surface area contributed by atoms with Gasteiger partial charge in [-0.2, -0.15) is 4.39 Å². The molecule has 2 rings (SSSR count). The summed E-state index contributed by atoms with van der Waals surface area (Å²) in [5.41, 5.74) is -2.06. The van der Waals surface area contributed by atoms with Crippen LogP contribution >= 0.6 is 0 Å². The number of hydrogen-bond acceptors (Lipinski definition) is 6. The van der Waals surface area contributed by atoms with Crippen molar-refractivity contribution in [2.75, 3.05) is 6.61 Å². The second-order valence-electron chi connectivity index (χ2n) is 4.09. The van der Waals surface area contributed by atoms with E-state index >= 15 is 0 Å². The van der Waals surface area contributed by atoms with Crippen molar-refractivity contribution < 1.29 is 18.8 Å². The summed E-state index contributed by atoms with van der Waals surface area (Å²) in [5.74, 6) is -2.03. The van der Waals surface area contributed by atoms with Crippen LogP contribution in [0.25, 0.3) is 11.0 Å². The van der Waals surface area contributed by atoms with E-state index in [1.54, 1.807) is 6.92 Å². The Hall–Kier alpha value is -2.84. The molecule has 0 spiro atoms. The number of nitrogens with zero attached hydrogens (tertiary/aromatic N) is 3. The smallest absolute Gasteiger partial charge is 0.362 e. The van der Waals surface area contributed by atoms with Crippen LogP contribution in [0.5, 0.6) is 0 Å². The summed E-state index contributed by atoms with van der Waals surface area (Å²) >= 11 is 0. The van der Waals surface area contributed by atoms with Crippen LogP contribution in [0.4, 0.5) is 10.1 Å². The Labute approximate surface area is 116 Å². The Morgan fingerprint density at radius 3 is 2.76 bits per heavy atom. The van der Waals surface area contributed by atoms with E-state index in [-0.39, 0.29) is 17.6 Å². The molecule has 1 heterocycles. The summed E-state index contributed by atoms with van der Waals surface area (Å²) in [7, 11) is 1.30. The fourth-order valence-corrected chi connectivity index (χ4v) is 1.81. The van der Waals surface area contributed by atoms with Crippen molar-refractivity contribution in [2.24, 2.45) is 7.05 Å². The zero-order valence-electron chi connectivity index (χ0n) is 11.1. The molecule has 0 aliphatic rings. The number of aromatic nitrogens is 2. The van der Waals surface area contributed by atoms with Crippen LogP contribution in [-0.4, -0.2) is 27.1 Å². The largest absolute Gasteiger partial charge is 0.461 e. The summed E-state index contributed by atoms with van der Waals surface area (Å²) in [4.78, 5) is 37.2. The van der Waals surface area contributed by atoms with Crippen molar-refractivity contribution in [1.82, 2.24) is 9.55 Å². The van der Waals surface area contributed by atoms with Gasteiger partial charge in [0, 0.05) is 19.2 Å². The molecular weight excluding hydrogens is 285 g/mol. The average Bonchev–Trinajstić information content (AvgIpc) is 2.42. The van der Waals surface area contributed by atoms with E-state index < -0.39 is 33.7 Å². The lowest BCUT2D eigenvalue weighted by molar-refractivity contribution is -0.387. The zero-order valence-corrected chi connectivity index (χ0v) is 11.1. The maximum atomic E-state index is 13.6. The molecule has 0 aliphatic carbocycles. The lowest BCUT2D eigenvalue weighted by Gasteiger charge is -2.07. The van der Waals surface area contributed by atoms with Crippen LogP contribution < -0.4 is 5.56 Å². The van der Waals surface area contributed by atoms with E-state index in [9.17, 15) is 24.1 Å². The third-order valence-electron chi connectivity index (χ3n) is 2.81. The van der Waals surface area contributed by atoms with E-state index in [1.807, 2.05) is 0 Å². The minimum absolute atomic E-state index is 0.0427.